The van der Waals surface area contributed by atoms with Gasteiger partial charge in [-0.3, -0.25) is 28.9 Å². The molecule has 0 bridgehead atoms. The maximum absolute atomic E-state index is 11.9. The number of carbonyl (C=O) groups is 5. The number of ether oxygens (including phenoxy) is 1. The third-order valence-corrected chi connectivity index (χ3v) is 4.56. The van der Waals surface area contributed by atoms with Gasteiger partial charge in [-0.2, -0.15) is 0 Å². The summed E-state index contributed by atoms with van der Waals surface area (Å²) >= 11 is 0. The molecule has 0 aliphatic carbocycles. The van der Waals surface area contributed by atoms with E-state index in [2.05, 4.69) is 10.6 Å². The predicted molar refractivity (Wildman–Crippen MR) is 115 cm³/mol. The van der Waals surface area contributed by atoms with Crippen LogP contribution in [0.2, 0.25) is 0 Å². The van der Waals surface area contributed by atoms with Gasteiger partial charge in [-0.05, 0) is 33.1 Å². The number of nitrogens with zero attached hydrogens (tertiary/aromatic N) is 1. The zero-order chi connectivity index (χ0) is 24.1. The molecule has 0 aromatic heterocycles. The van der Waals surface area contributed by atoms with Crippen molar-refractivity contribution in [2.45, 2.75) is 59.5 Å². The molecule has 31 heavy (non-hydrogen) atoms. The molecule has 10 nitrogen and oxygen atoms in total. The second kappa shape index (κ2) is 13.5. The van der Waals surface area contributed by atoms with Crippen molar-refractivity contribution in [3.63, 3.8) is 0 Å². The first-order chi connectivity index (χ1) is 14.4. The number of primary amides is 1. The van der Waals surface area contributed by atoms with Gasteiger partial charge >= 0.3 is 0 Å². The van der Waals surface area contributed by atoms with Gasteiger partial charge in [-0.25, -0.2) is 0 Å². The van der Waals surface area contributed by atoms with Crippen molar-refractivity contribution in [1.82, 2.24) is 15.5 Å². The molecule has 0 aromatic carbocycles. The van der Waals surface area contributed by atoms with E-state index in [1.54, 1.807) is 13.8 Å². The van der Waals surface area contributed by atoms with Gasteiger partial charge in [-0.15, -0.1) is 0 Å². The van der Waals surface area contributed by atoms with Gasteiger partial charge in [0, 0.05) is 37.3 Å². The van der Waals surface area contributed by atoms with Gasteiger partial charge < -0.3 is 21.1 Å². The average molecular weight is 441 g/mol. The summed E-state index contributed by atoms with van der Waals surface area (Å²) in [6.45, 7) is 10.7. The average Bonchev–Trinajstić information content (AvgIpc) is 2.98. The molecular formula is C21H36N4O6. The van der Waals surface area contributed by atoms with Crippen LogP contribution in [0.15, 0.2) is 12.2 Å². The van der Waals surface area contributed by atoms with Crippen LogP contribution in [-0.4, -0.2) is 66.8 Å². The van der Waals surface area contributed by atoms with Gasteiger partial charge in [0.25, 0.3) is 11.8 Å². The highest BCUT2D eigenvalue weighted by atomic mass is 16.5. The Labute approximate surface area is 183 Å². The van der Waals surface area contributed by atoms with Crippen LogP contribution in [0.25, 0.3) is 0 Å². The molecule has 0 radical (unpaired) electrons. The van der Waals surface area contributed by atoms with Gasteiger partial charge in [0.1, 0.15) is 0 Å². The number of rotatable bonds is 13. The number of nitrogens with two attached hydrogens (primary N) is 1. The second-order valence-electron chi connectivity index (χ2n) is 8.37. The Morgan fingerprint density at radius 2 is 1.71 bits per heavy atom. The highest BCUT2D eigenvalue weighted by molar-refractivity contribution is 6.12. The highest BCUT2D eigenvalue weighted by Crippen LogP contribution is 2.23. The molecule has 0 unspecified atom stereocenters. The fourth-order valence-electron chi connectivity index (χ4n) is 2.48. The molecule has 1 aliphatic heterocycles. The summed E-state index contributed by atoms with van der Waals surface area (Å²) in [7, 11) is 0. The zero-order valence-electron chi connectivity index (χ0n) is 19.2. The highest BCUT2D eigenvalue weighted by Gasteiger charge is 2.28. The molecule has 0 saturated heterocycles. The van der Waals surface area contributed by atoms with Crippen molar-refractivity contribution in [1.29, 1.82) is 0 Å². The molecule has 5 amide bonds. The molecule has 1 rings (SSSR count). The van der Waals surface area contributed by atoms with Crippen LogP contribution in [-0.2, 0) is 28.7 Å². The Morgan fingerprint density at radius 3 is 2.19 bits per heavy atom. The Bertz CT molecular complexity index is 655. The first-order valence-corrected chi connectivity index (χ1v) is 10.3. The van der Waals surface area contributed by atoms with Crippen LogP contribution in [0.4, 0.5) is 0 Å². The molecular weight excluding hydrogens is 404 g/mol. The van der Waals surface area contributed by atoms with E-state index in [1.807, 2.05) is 20.8 Å². The van der Waals surface area contributed by atoms with Crippen molar-refractivity contribution in [2.24, 2.45) is 11.1 Å². The maximum Gasteiger partial charge on any atom is 0.253 e. The quantitative estimate of drug-likeness (QED) is 0.212. The maximum atomic E-state index is 11.9. The summed E-state index contributed by atoms with van der Waals surface area (Å²) in [5, 5.41) is 5.08. The molecule has 10 heteroatoms. The fourth-order valence-corrected chi connectivity index (χ4v) is 2.48. The van der Waals surface area contributed by atoms with Crippen LogP contribution in [0, 0.1) is 5.41 Å². The third-order valence-electron chi connectivity index (χ3n) is 4.56. The number of carbonyl (C=O) groups excluding carboxylic acids is 5. The van der Waals surface area contributed by atoms with E-state index in [1.165, 1.54) is 17.1 Å². The van der Waals surface area contributed by atoms with Crippen LogP contribution in [0.5, 0.6) is 0 Å². The van der Waals surface area contributed by atoms with E-state index in [9.17, 15) is 24.0 Å². The molecule has 176 valence electrons. The number of nitrogens with one attached hydrogen (secondary N) is 2. The summed E-state index contributed by atoms with van der Waals surface area (Å²) in [4.78, 5) is 55.6. The molecule has 0 atom stereocenters. The summed E-state index contributed by atoms with van der Waals surface area (Å²) in [5.41, 5.74) is 3.96. The molecule has 0 aromatic rings. The molecule has 0 spiro atoms. The second-order valence-corrected chi connectivity index (χ2v) is 8.37. The van der Waals surface area contributed by atoms with Gasteiger partial charge in [-0.1, -0.05) is 20.8 Å². The number of hydrogen-bond donors (Lipinski definition) is 3. The van der Waals surface area contributed by atoms with E-state index >= 15 is 0 Å². The van der Waals surface area contributed by atoms with Crippen LogP contribution < -0.4 is 16.4 Å². The SMILES string of the molecule is CC(C)(CCNC=O)OCCC(C)(C)C(=O)NCC(N)=O.CCCN1C(=O)C=CC1=O. The van der Waals surface area contributed by atoms with Crippen molar-refractivity contribution < 1.29 is 28.7 Å². The largest absolute Gasteiger partial charge is 0.375 e. The van der Waals surface area contributed by atoms with Crippen molar-refractivity contribution >= 4 is 30.0 Å². The monoisotopic (exact) mass is 440 g/mol. The summed E-state index contributed by atoms with van der Waals surface area (Å²) in [6.07, 6.45) is 5.28. The number of amides is 5. The van der Waals surface area contributed by atoms with E-state index < -0.39 is 11.3 Å². The van der Waals surface area contributed by atoms with E-state index in [-0.39, 0.29) is 29.9 Å². The smallest absolute Gasteiger partial charge is 0.253 e. The Morgan fingerprint density at radius 1 is 1.13 bits per heavy atom. The van der Waals surface area contributed by atoms with Crippen LogP contribution >= 0.6 is 0 Å². The van der Waals surface area contributed by atoms with E-state index in [0.717, 1.165) is 6.42 Å². The first-order valence-electron chi connectivity index (χ1n) is 10.3. The Balaban J connectivity index is 0.000000743. The van der Waals surface area contributed by atoms with Crippen molar-refractivity contribution in [3.8, 4) is 0 Å². The normalized spacial score (nSPS) is 13.5. The number of hydrogen-bond acceptors (Lipinski definition) is 6. The van der Waals surface area contributed by atoms with Crippen LogP contribution in [0.3, 0.4) is 0 Å². The minimum Gasteiger partial charge on any atom is -0.375 e. The van der Waals surface area contributed by atoms with E-state index in [4.69, 9.17) is 10.5 Å². The molecule has 1 aliphatic rings. The van der Waals surface area contributed by atoms with Crippen molar-refractivity contribution in [3.05, 3.63) is 12.2 Å². The minimum atomic E-state index is -0.646. The minimum absolute atomic E-state index is 0.161. The lowest BCUT2D eigenvalue weighted by Crippen LogP contribution is -2.42. The molecule has 4 N–H and O–H groups in total. The van der Waals surface area contributed by atoms with Gasteiger partial charge in [0.15, 0.2) is 0 Å². The zero-order valence-corrected chi connectivity index (χ0v) is 19.2. The third kappa shape index (κ3) is 11.9. The lowest BCUT2D eigenvalue weighted by molar-refractivity contribution is -0.136. The topological polar surface area (TPSA) is 148 Å². The Kier molecular flexibility index (Phi) is 12.3. The summed E-state index contributed by atoms with van der Waals surface area (Å²) in [5.74, 6) is -1.18. The van der Waals surface area contributed by atoms with E-state index in [0.29, 0.717) is 38.9 Å². The Hall–Kier alpha value is -2.75. The molecule has 1 heterocycles. The molecule has 0 saturated carbocycles. The number of imide groups is 1. The van der Waals surface area contributed by atoms with Crippen molar-refractivity contribution in [2.75, 3.05) is 26.2 Å². The van der Waals surface area contributed by atoms with Gasteiger partial charge in [0.2, 0.25) is 18.2 Å². The standard InChI is InChI=1S/C14H27N3O4.C7H9NO2/c1-13(2,12(20)17-9-11(15)19)6-8-21-14(3,4)5-7-16-10-18;1-2-5-8-6(9)3-4-7(8)10/h10H,5-9H2,1-4H3,(H2,15,19)(H,16,18)(H,17,20);3-4H,2,5H2,1H3. The first kappa shape index (κ1) is 28.2. The molecule has 0 fully saturated rings. The lowest BCUT2D eigenvalue weighted by Gasteiger charge is -2.28. The summed E-state index contributed by atoms with van der Waals surface area (Å²) < 4.78 is 5.76. The predicted octanol–water partition coefficient (Wildman–Crippen LogP) is 0.257. The van der Waals surface area contributed by atoms with Crippen LogP contribution in [0.1, 0.15) is 53.9 Å². The lowest BCUT2D eigenvalue weighted by atomic mass is 9.88. The fraction of sp³-hybridized carbons (Fsp3) is 0.667. The summed E-state index contributed by atoms with van der Waals surface area (Å²) in [6, 6.07) is 0. The van der Waals surface area contributed by atoms with Gasteiger partial charge in [0.05, 0.1) is 12.1 Å².